The predicted molar refractivity (Wildman–Crippen MR) is 79.6 cm³/mol. The van der Waals surface area contributed by atoms with Crippen molar-refractivity contribution >= 4 is 27.3 Å². The highest BCUT2D eigenvalue weighted by atomic mass is 79.9. The van der Waals surface area contributed by atoms with Gasteiger partial charge in [0.05, 0.1) is 11.3 Å². The Morgan fingerprint density at radius 3 is 2.68 bits per heavy atom. The topological polar surface area (TPSA) is 53.0 Å². The highest BCUT2D eigenvalue weighted by Gasteiger charge is 2.21. The number of nitrogens with zero attached hydrogens (tertiary/aromatic N) is 2. The van der Waals surface area contributed by atoms with Gasteiger partial charge in [-0.15, -0.1) is 0 Å². The lowest BCUT2D eigenvalue weighted by Crippen LogP contribution is -2.15. The summed E-state index contributed by atoms with van der Waals surface area (Å²) in [5, 5.41) is 9.22. The number of fused-ring (bicyclic) bond motifs is 1. The van der Waals surface area contributed by atoms with Crippen molar-refractivity contribution in [3.8, 4) is 6.07 Å². The van der Waals surface area contributed by atoms with Crippen molar-refractivity contribution in [3.63, 3.8) is 0 Å². The zero-order valence-corrected chi connectivity index (χ0v) is 11.8. The van der Waals surface area contributed by atoms with Crippen LogP contribution in [0.25, 0.3) is 0 Å². The molecule has 1 heterocycles. The molecule has 1 aliphatic rings. The molecule has 0 saturated carbocycles. The molecule has 0 aromatic heterocycles. The molecule has 3 rings (SSSR count). The second-order valence-electron chi connectivity index (χ2n) is 4.66. The van der Waals surface area contributed by atoms with Gasteiger partial charge < -0.3 is 10.6 Å². The number of benzene rings is 2. The molecule has 2 N–H and O–H groups in total. The monoisotopic (exact) mass is 313 g/mol. The van der Waals surface area contributed by atoms with Crippen LogP contribution in [0, 0.1) is 11.3 Å². The Balaban J connectivity index is 1.99. The number of nitriles is 1. The summed E-state index contributed by atoms with van der Waals surface area (Å²) >= 11 is 3.46. The molecule has 0 spiro atoms. The van der Waals surface area contributed by atoms with Gasteiger partial charge in [0.1, 0.15) is 6.07 Å². The van der Waals surface area contributed by atoms with Gasteiger partial charge in [-0.1, -0.05) is 22.0 Å². The first kappa shape index (κ1) is 12.1. The average Bonchev–Trinajstić information content (AvgIpc) is 2.81. The van der Waals surface area contributed by atoms with Crippen LogP contribution in [-0.4, -0.2) is 0 Å². The molecule has 0 atom stereocenters. The molecule has 0 amide bonds. The zero-order valence-electron chi connectivity index (χ0n) is 10.2. The van der Waals surface area contributed by atoms with E-state index in [0.717, 1.165) is 28.9 Å². The minimum atomic E-state index is 0.698. The third-order valence-electron chi connectivity index (χ3n) is 3.37. The third kappa shape index (κ3) is 2.18. The lowest BCUT2D eigenvalue weighted by atomic mass is 10.1. The molecule has 94 valence electrons. The molecule has 0 bridgehead atoms. The predicted octanol–water partition coefficient (Wildman–Crippen LogP) is 3.42. The Labute approximate surface area is 120 Å². The van der Waals surface area contributed by atoms with Crippen LogP contribution in [0.15, 0.2) is 40.9 Å². The van der Waals surface area contributed by atoms with Gasteiger partial charge in [-0.3, -0.25) is 0 Å². The van der Waals surface area contributed by atoms with Gasteiger partial charge in [-0.05, 0) is 41.5 Å². The van der Waals surface area contributed by atoms with Crippen molar-refractivity contribution in [2.75, 3.05) is 10.6 Å². The van der Waals surface area contributed by atoms with E-state index < -0.39 is 0 Å². The van der Waals surface area contributed by atoms with Crippen molar-refractivity contribution in [1.82, 2.24) is 0 Å². The molecule has 2 aromatic carbocycles. The van der Waals surface area contributed by atoms with E-state index in [4.69, 9.17) is 5.73 Å². The van der Waals surface area contributed by atoms with Crippen LogP contribution in [0.5, 0.6) is 0 Å². The summed E-state index contributed by atoms with van der Waals surface area (Å²) in [6.07, 6.45) is 0. The van der Waals surface area contributed by atoms with Crippen LogP contribution in [0.4, 0.5) is 11.4 Å². The van der Waals surface area contributed by atoms with E-state index in [1.807, 2.05) is 30.3 Å². The maximum absolute atomic E-state index is 9.22. The standard InChI is InChI=1S/C15H12BrN3/c16-13-3-1-10(7-17)15(6-13)19-8-11-2-4-14(18)5-12(11)9-19/h1-6H,8-9,18H2. The lowest BCUT2D eigenvalue weighted by Gasteiger charge is -2.19. The van der Waals surface area contributed by atoms with E-state index in [1.165, 1.54) is 11.1 Å². The molecule has 0 saturated heterocycles. The molecule has 3 nitrogen and oxygen atoms in total. The van der Waals surface area contributed by atoms with Gasteiger partial charge in [0.2, 0.25) is 0 Å². The number of hydrogen-bond acceptors (Lipinski definition) is 3. The minimum Gasteiger partial charge on any atom is -0.399 e. The van der Waals surface area contributed by atoms with Crippen molar-refractivity contribution in [2.45, 2.75) is 13.1 Å². The Morgan fingerprint density at radius 2 is 1.89 bits per heavy atom. The zero-order chi connectivity index (χ0) is 13.4. The second kappa shape index (κ2) is 4.60. The fraction of sp³-hybridized carbons (Fsp3) is 0.133. The average molecular weight is 314 g/mol. The molecule has 0 aliphatic carbocycles. The Hall–Kier alpha value is -1.99. The van der Waals surface area contributed by atoms with Gasteiger partial charge in [-0.25, -0.2) is 0 Å². The number of halogens is 1. The first-order valence-corrected chi connectivity index (χ1v) is 6.78. The second-order valence-corrected chi connectivity index (χ2v) is 5.57. The molecule has 2 aromatic rings. The van der Waals surface area contributed by atoms with E-state index in [9.17, 15) is 5.26 Å². The smallest absolute Gasteiger partial charge is 0.101 e. The van der Waals surface area contributed by atoms with Crippen molar-refractivity contribution in [3.05, 3.63) is 57.6 Å². The van der Waals surface area contributed by atoms with Crippen molar-refractivity contribution in [1.29, 1.82) is 5.26 Å². The van der Waals surface area contributed by atoms with E-state index in [2.05, 4.69) is 33.0 Å². The SMILES string of the molecule is N#Cc1ccc(Br)cc1N1Cc2ccc(N)cc2C1. The number of nitrogen functional groups attached to an aromatic ring is 1. The molecule has 1 aliphatic heterocycles. The van der Waals surface area contributed by atoms with Gasteiger partial charge >= 0.3 is 0 Å². The minimum absolute atomic E-state index is 0.698. The fourth-order valence-corrected chi connectivity index (χ4v) is 2.79. The van der Waals surface area contributed by atoms with Gasteiger partial charge in [0.15, 0.2) is 0 Å². The summed E-state index contributed by atoms with van der Waals surface area (Å²) in [7, 11) is 0. The van der Waals surface area contributed by atoms with Gasteiger partial charge in [0.25, 0.3) is 0 Å². The molecular formula is C15H12BrN3. The van der Waals surface area contributed by atoms with Crippen LogP contribution in [-0.2, 0) is 13.1 Å². The summed E-state index contributed by atoms with van der Waals surface area (Å²) in [6, 6.07) is 14.0. The van der Waals surface area contributed by atoms with Crippen molar-refractivity contribution in [2.24, 2.45) is 0 Å². The summed E-state index contributed by atoms with van der Waals surface area (Å²) < 4.78 is 0.983. The summed E-state index contributed by atoms with van der Waals surface area (Å²) in [4.78, 5) is 2.20. The van der Waals surface area contributed by atoms with Crippen LogP contribution in [0.2, 0.25) is 0 Å². The van der Waals surface area contributed by atoms with E-state index >= 15 is 0 Å². The normalized spacial score (nSPS) is 13.2. The quantitative estimate of drug-likeness (QED) is 0.821. The molecule has 0 fully saturated rings. The molecule has 19 heavy (non-hydrogen) atoms. The van der Waals surface area contributed by atoms with Crippen LogP contribution < -0.4 is 10.6 Å². The highest BCUT2D eigenvalue weighted by molar-refractivity contribution is 9.10. The number of nitrogens with two attached hydrogens (primary N) is 1. The summed E-state index contributed by atoms with van der Waals surface area (Å²) in [5.74, 6) is 0. The first-order valence-electron chi connectivity index (χ1n) is 5.99. The largest absolute Gasteiger partial charge is 0.399 e. The Kier molecular flexibility index (Phi) is 2.92. The van der Waals surface area contributed by atoms with Crippen LogP contribution in [0.3, 0.4) is 0 Å². The maximum atomic E-state index is 9.22. The molecule has 4 heteroatoms. The van der Waals surface area contributed by atoms with Gasteiger partial charge in [-0.2, -0.15) is 5.26 Å². The van der Waals surface area contributed by atoms with Crippen LogP contribution in [0.1, 0.15) is 16.7 Å². The van der Waals surface area contributed by atoms with E-state index in [0.29, 0.717) is 5.56 Å². The van der Waals surface area contributed by atoms with Crippen LogP contribution >= 0.6 is 15.9 Å². The van der Waals surface area contributed by atoms with Gasteiger partial charge in [0, 0.05) is 23.2 Å². The number of anilines is 2. The van der Waals surface area contributed by atoms with E-state index in [-0.39, 0.29) is 0 Å². The first-order chi connectivity index (χ1) is 9.17. The molecule has 0 unspecified atom stereocenters. The summed E-state index contributed by atoms with van der Waals surface area (Å²) in [6.45, 7) is 1.62. The lowest BCUT2D eigenvalue weighted by molar-refractivity contribution is 0.878. The molecule has 0 radical (unpaired) electrons. The number of rotatable bonds is 1. The Morgan fingerprint density at radius 1 is 1.11 bits per heavy atom. The van der Waals surface area contributed by atoms with Crippen molar-refractivity contribution < 1.29 is 0 Å². The summed E-state index contributed by atoms with van der Waals surface area (Å²) in [5.41, 5.74) is 10.8. The maximum Gasteiger partial charge on any atom is 0.101 e. The molecular weight excluding hydrogens is 302 g/mol. The third-order valence-corrected chi connectivity index (χ3v) is 3.87. The van der Waals surface area contributed by atoms with E-state index in [1.54, 1.807) is 0 Å². The highest BCUT2D eigenvalue weighted by Crippen LogP contribution is 2.33. The fourth-order valence-electron chi connectivity index (χ4n) is 2.45. The number of hydrogen-bond donors (Lipinski definition) is 1. The Bertz CT molecular complexity index is 688.